The minimum Gasteiger partial charge on any atom is -0.381 e. The van der Waals surface area contributed by atoms with Crippen LogP contribution in [0.1, 0.15) is 17.8 Å². The molecule has 1 N–H and O–H groups in total. The Morgan fingerprint density at radius 2 is 2.19 bits per heavy atom. The van der Waals surface area contributed by atoms with Gasteiger partial charge < -0.3 is 15.0 Å². The molecule has 2 aliphatic rings. The second-order valence-corrected chi connectivity index (χ2v) is 7.81. The van der Waals surface area contributed by atoms with Crippen LogP contribution in [0.3, 0.4) is 0 Å². The van der Waals surface area contributed by atoms with E-state index in [1.165, 1.54) is 12.8 Å². The van der Waals surface area contributed by atoms with E-state index < -0.39 is 0 Å². The molecule has 0 aliphatic carbocycles. The Hall–Kier alpha value is -1.19. The number of benzene rings is 1. The number of nitrogens with one attached hydrogen (secondary N) is 1. The van der Waals surface area contributed by atoms with Crippen molar-refractivity contribution >= 4 is 41.3 Å². The maximum absolute atomic E-state index is 5.62. The van der Waals surface area contributed by atoms with Crippen LogP contribution in [-0.4, -0.2) is 49.2 Å². The third-order valence-electron chi connectivity index (χ3n) is 5.15. The molecule has 1 aromatic heterocycles. The zero-order valence-corrected chi connectivity index (χ0v) is 18.1. The van der Waals surface area contributed by atoms with E-state index in [0.717, 1.165) is 48.5 Å². The van der Waals surface area contributed by atoms with Crippen LogP contribution in [-0.2, 0) is 11.3 Å². The highest BCUT2D eigenvalue weighted by atomic mass is 127. The van der Waals surface area contributed by atoms with Crippen molar-refractivity contribution in [3.8, 4) is 11.3 Å². The van der Waals surface area contributed by atoms with Gasteiger partial charge in [0.05, 0.1) is 18.8 Å². The van der Waals surface area contributed by atoms with Gasteiger partial charge in [-0.05, 0) is 12.8 Å². The number of rotatable bonds is 3. The first-order chi connectivity index (χ1) is 12.3. The molecular formula is C19H25IN4OS. The molecule has 3 heterocycles. The van der Waals surface area contributed by atoms with Crippen molar-refractivity contribution in [2.75, 3.05) is 33.4 Å². The number of hydrogen-bond acceptors (Lipinski definition) is 4. The normalized spacial score (nSPS) is 22.7. The SMILES string of the molecule is CN=C(NCc1nc(-c2ccccc2)cs1)N1CCC2(CCOC2)C1.I. The summed E-state index contributed by atoms with van der Waals surface area (Å²) in [5, 5.41) is 6.68. The summed E-state index contributed by atoms with van der Waals surface area (Å²) in [6.45, 7) is 4.61. The lowest BCUT2D eigenvalue weighted by molar-refractivity contribution is 0.156. The van der Waals surface area contributed by atoms with Crippen molar-refractivity contribution < 1.29 is 4.74 Å². The largest absolute Gasteiger partial charge is 0.381 e. The average Bonchev–Trinajstić information content (AvgIpc) is 3.39. The van der Waals surface area contributed by atoms with Gasteiger partial charge in [0.1, 0.15) is 5.01 Å². The molecule has 0 saturated carbocycles. The van der Waals surface area contributed by atoms with Gasteiger partial charge in [0.2, 0.25) is 0 Å². The van der Waals surface area contributed by atoms with Gasteiger partial charge in [0.25, 0.3) is 0 Å². The number of halogens is 1. The molecule has 1 unspecified atom stereocenters. The fourth-order valence-corrected chi connectivity index (χ4v) is 4.45. The number of aliphatic imine (C=N–C) groups is 1. The molecule has 2 saturated heterocycles. The van der Waals surface area contributed by atoms with Crippen LogP contribution >= 0.6 is 35.3 Å². The van der Waals surface area contributed by atoms with Crippen LogP contribution in [0, 0.1) is 5.41 Å². The Labute approximate surface area is 175 Å². The minimum atomic E-state index is 0. The van der Waals surface area contributed by atoms with Gasteiger partial charge in [-0.2, -0.15) is 0 Å². The van der Waals surface area contributed by atoms with E-state index in [-0.39, 0.29) is 24.0 Å². The predicted molar refractivity (Wildman–Crippen MR) is 117 cm³/mol. The average molecular weight is 484 g/mol. The Balaban J connectivity index is 0.00000196. The Bertz CT molecular complexity index is 743. The lowest BCUT2D eigenvalue weighted by atomic mass is 9.87. The zero-order valence-electron chi connectivity index (χ0n) is 15.0. The van der Waals surface area contributed by atoms with Crippen molar-refractivity contribution in [1.29, 1.82) is 0 Å². The highest BCUT2D eigenvalue weighted by Crippen LogP contribution is 2.38. The molecule has 4 rings (SSSR count). The third-order valence-corrected chi connectivity index (χ3v) is 6.00. The van der Waals surface area contributed by atoms with Crippen molar-refractivity contribution in [1.82, 2.24) is 15.2 Å². The van der Waals surface area contributed by atoms with Gasteiger partial charge in [-0.1, -0.05) is 30.3 Å². The Morgan fingerprint density at radius 1 is 1.35 bits per heavy atom. The predicted octanol–water partition coefficient (Wildman–Crippen LogP) is 3.62. The number of hydrogen-bond donors (Lipinski definition) is 1. The molecule has 7 heteroatoms. The maximum atomic E-state index is 5.62. The molecular weight excluding hydrogens is 459 g/mol. The Kier molecular flexibility index (Phi) is 6.52. The van der Waals surface area contributed by atoms with Gasteiger partial charge in [-0.3, -0.25) is 4.99 Å². The van der Waals surface area contributed by atoms with Gasteiger partial charge in [-0.15, -0.1) is 35.3 Å². The van der Waals surface area contributed by atoms with Gasteiger partial charge >= 0.3 is 0 Å². The van der Waals surface area contributed by atoms with Crippen LogP contribution in [0.2, 0.25) is 0 Å². The van der Waals surface area contributed by atoms with Crippen molar-refractivity contribution in [2.45, 2.75) is 19.4 Å². The molecule has 0 radical (unpaired) electrons. The van der Waals surface area contributed by atoms with Crippen LogP contribution in [0.5, 0.6) is 0 Å². The fraction of sp³-hybridized carbons (Fsp3) is 0.474. The van der Waals surface area contributed by atoms with Crippen molar-refractivity contribution in [2.24, 2.45) is 10.4 Å². The van der Waals surface area contributed by atoms with E-state index in [0.29, 0.717) is 12.0 Å². The third kappa shape index (κ3) is 4.20. The maximum Gasteiger partial charge on any atom is 0.194 e. The molecule has 2 aliphatic heterocycles. The number of thiazole rings is 1. The fourth-order valence-electron chi connectivity index (χ4n) is 3.71. The summed E-state index contributed by atoms with van der Waals surface area (Å²) in [6.07, 6.45) is 2.37. The van der Waals surface area contributed by atoms with E-state index in [9.17, 15) is 0 Å². The van der Waals surface area contributed by atoms with Crippen molar-refractivity contribution in [3.63, 3.8) is 0 Å². The van der Waals surface area contributed by atoms with Crippen LogP contribution in [0.15, 0.2) is 40.7 Å². The molecule has 140 valence electrons. The minimum absolute atomic E-state index is 0. The van der Waals surface area contributed by atoms with E-state index in [4.69, 9.17) is 9.72 Å². The summed E-state index contributed by atoms with van der Waals surface area (Å²) >= 11 is 1.69. The standard InChI is InChI=1S/C19H24N4OS.HI/c1-20-18(23-9-7-19(13-23)8-10-24-14-19)21-11-17-22-16(12-25-17)15-5-3-2-4-6-15;/h2-6,12H,7-11,13-14H2,1H3,(H,20,21);1H. The van der Waals surface area contributed by atoms with Crippen LogP contribution in [0.4, 0.5) is 0 Å². The smallest absolute Gasteiger partial charge is 0.194 e. The summed E-state index contributed by atoms with van der Waals surface area (Å²) in [7, 11) is 1.86. The molecule has 0 bridgehead atoms. The molecule has 0 amide bonds. The van der Waals surface area contributed by atoms with Crippen LogP contribution in [0.25, 0.3) is 11.3 Å². The second kappa shape index (κ2) is 8.67. The van der Waals surface area contributed by atoms with Gasteiger partial charge in [-0.25, -0.2) is 4.98 Å². The van der Waals surface area contributed by atoms with Crippen molar-refractivity contribution in [3.05, 3.63) is 40.7 Å². The molecule has 26 heavy (non-hydrogen) atoms. The first kappa shape index (κ1) is 19.6. The number of likely N-dealkylation sites (tertiary alicyclic amines) is 1. The summed E-state index contributed by atoms with van der Waals surface area (Å²) in [4.78, 5) is 11.6. The van der Waals surface area contributed by atoms with E-state index >= 15 is 0 Å². The molecule has 1 spiro atoms. The summed E-state index contributed by atoms with van der Waals surface area (Å²) < 4.78 is 5.62. The quantitative estimate of drug-likeness (QED) is 0.411. The summed E-state index contributed by atoms with van der Waals surface area (Å²) in [5.74, 6) is 0.972. The number of ether oxygens (including phenoxy) is 1. The van der Waals surface area contributed by atoms with Crippen LogP contribution < -0.4 is 5.32 Å². The molecule has 5 nitrogen and oxygen atoms in total. The second-order valence-electron chi connectivity index (χ2n) is 6.87. The van der Waals surface area contributed by atoms with Gasteiger partial charge in [0.15, 0.2) is 5.96 Å². The number of guanidine groups is 1. The van der Waals surface area contributed by atoms with Gasteiger partial charge in [0, 0.05) is 43.1 Å². The van der Waals surface area contributed by atoms with E-state index in [2.05, 4.69) is 32.7 Å². The first-order valence-electron chi connectivity index (χ1n) is 8.81. The highest BCUT2D eigenvalue weighted by molar-refractivity contribution is 14.0. The van der Waals surface area contributed by atoms with E-state index in [1.54, 1.807) is 11.3 Å². The number of aromatic nitrogens is 1. The van der Waals surface area contributed by atoms with E-state index in [1.807, 2.05) is 25.2 Å². The lowest BCUT2D eigenvalue weighted by Gasteiger charge is -2.24. The zero-order chi connectivity index (χ0) is 17.1. The summed E-state index contributed by atoms with van der Waals surface area (Å²) in [5.41, 5.74) is 2.55. The number of nitrogens with zero attached hydrogens (tertiary/aromatic N) is 3. The molecule has 2 aromatic rings. The lowest BCUT2D eigenvalue weighted by Crippen LogP contribution is -2.41. The Morgan fingerprint density at radius 3 is 2.92 bits per heavy atom. The monoisotopic (exact) mass is 484 g/mol. The highest BCUT2D eigenvalue weighted by Gasteiger charge is 2.42. The molecule has 1 aromatic carbocycles. The summed E-state index contributed by atoms with van der Waals surface area (Å²) in [6, 6.07) is 10.3. The molecule has 2 fully saturated rings. The first-order valence-corrected chi connectivity index (χ1v) is 9.69. The molecule has 1 atom stereocenters. The topological polar surface area (TPSA) is 49.8 Å².